The second-order valence-electron chi connectivity index (χ2n) is 7.42. The molecule has 1 aliphatic rings. The molecular weight excluding hydrogens is 407 g/mol. The van der Waals surface area contributed by atoms with E-state index in [1.807, 2.05) is 0 Å². The van der Waals surface area contributed by atoms with Crippen LogP contribution >= 0.6 is 0 Å². The molecule has 0 radical (unpaired) electrons. The first-order valence-electron chi connectivity index (χ1n) is 9.77. The zero-order valence-corrected chi connectivity index (χ0v) is 16.7. The van der Waals surface area contributed by atoms with Crippen molar-refractivity contribution >= 4 is 11.6 Å². The Morgan fingerprint density at radius 1 is 1.26 bits per heavy atom. The maximum atomic E-state index is 13.0. The Morgan fingerprint density at radius 3 is 2.52 bits per heavy atom. The minimum Gasteiger partial charge on any atom is -0.490 e. The molecule has 2 N–H and O–H groups in total. The molecule has 0 unspecified atom stereocenters. The van der Waals surface area contributed by atoms with Crippen LogP contribution in [-0.4, -0.2) is 18.1 Å². The lowest BCUT2D eigenvalue weighted by Crippen LogP contribution is -2.28. The fourth-order valence-corrected chi connectivity index (χ4v) is 3.60. The van der Waals surface area contributed by atoms with Crippen molar-refractivity contribution < 1.29 is 22.7 Å². The molecule has 1 aliphatic carbocycles. The normalized spacial score (nSPS) is 18.3. The van der Waals surface area contributed by atoms with Gasteiger partial charge in [0.25, 0.3) is 5.91 Å². The summed E-state index contributed by atoms with van der Waals surface area (Å²) in [5.74, 6) is 0.226. The monoisotopic (exact) mass is 429 g/mol. The largest absolute Gasteiger partial charge is 0.490 e. The summed E-state index contributed by atoms with van der Waals surface area (Å²) >= 11 is 0. The topological polar surface area (TPSA) is 79.3 Å². The van der Waals surface area contributed by atoms with Crippen molar-refractivity contribution in [3.05, 3.63) is 71.8 Å². The van der Waals surface area contributed by atoms with Gasteiger partial charge in [0.05, 0.1) is 23.7 Å². The Morgan fingerprint density at radius 2 is 1.97 bits per heavy atom. The first-order valence-corrected chi connectivity index (χ1v) is 9.77. The summed E-state index contributed by atoms with van der Waals surface area (Å²) in [6.07, 6.45) is -0.846. The standard InChI is InChI=1S/C23H22F3N3O2/c1-2-22(30)29(14-15-3-10-21(23(24,25)26)16(11-15)13-27)18-5-8-19(9-6-18)31-20-7-4-17(28)12-20/h2-3,5-6,8-11,17,20H,1,4,7,12,14,28H2/t17-,20-/m1/s1. The number of alkyl halides is 3. The number of benzene rings is 2. The molecule has 5 nitrogen and oxygen atoms in total. The Bertz CT molecular complexity index is 997. The van der Waals surface area contributed by atoms with E-state index in [4.69, 9.17) is 15.7 Å². The highest BCUT2D eigenvalue weighted by molar-refractivity contribution is 6.01. The van der Waals surface area contributed by atoms with Gasteiger partial charge in [-0.05, 0) is 67.3 Å². The molecule has 1 saturated carbocycles. The highest BCUT2D eigenvalue weighted by atomic mass is 19.4. The molecule has 31 heavy (non-hydrogen) atoms. The Labute approximate surface area is 178 Å². The summed E-state index contributed by atoms with van der Waals surface area (Å²) in [7, 11) is 0. The number of hydrogen-bond donors (Lipinski definition) is 1. The summed E-state index contributed by atoms with van der Waals surface area (Å²) in [6.45, 7) is 3.47. The number of carbonyl (C=O) groups is 1. The van der Waals surface area contributed by atoms with Crippen molar-refractivity contribution in [3.63, 3.8) is 0 Å². The van der Waals surface area contributed by atoms with Gasteiger partial charge in [-0.1, -0.05) is 12.6 Å². The average molecular weight is 429 g/mol. The molecule has 0 bridgehead atoms. The van der Waals surface area contributed by atoms with Crippen molar-refractivity contribution in [2.24, 2.45) is 5.73 Å². The average Bonchev–Trinajstić information content (AvgIpc) is 3.15. The molecule has 162 valence electrons. The predicted octanol–water partition coefficient (Wildman–Crippen LogP) is 4.55. The Hall–Kier alpha value is -3.31. The van der Waals surface area contributed by atoms with Crippen molar-refractivity contribution in [1.82, 2.24) is 0 Å². The Kier molecular flexibility index (Phi) is 6.66. The number of ether oxygens (including phenoxy) is 1. The number of anilines is 1. The van der Waals surface area contributed by atoms with Crippen molar-refractivity contribution in [3.8, 4) is 11.8 Å². The SMILES string of the molecule is C=CC(=O)N(Cc1ccc(C(F)(F)F)c(C#N)c1)c1ccc(O[C@@H]2CC[C@@H](N)C2)cc1. The van der Waals surface area contributed by atoms with Crippen LogP contribution in [0.5, 0.6) is 5.75 Å². The van der Waals surface area contributed by atoms with Crippen molar-refractivity contribution in [2.45, 2.75) is 44.1 Å². The fraction of sp³-hybridized carbons (Fsp3) is 0.304. The number of amides is 1. The van der Waals surface area contributed by atoms with Crippen LogP contribution in [0.3, 0.4) is 0 Å². The maximum Gasteiger partial charge on any atom is 0.417 e. The molecule has 2 aromatic carbocycles. The van der Waals surface area contributed by atoms with Gasteiger partial charge in [-0.25, -0.2) is 0 Å². The van der Waals surface area contributed by atoms with Gasteiger partial charge in [0.1, 0.15) is 11.9 Å². The lowest BCUT2D eigenvalue weighted by Gasteiger charge is -2.23. The zero-order valence-electron chi connectivity index (χ0n) is 16.7. The molecule has 2 aromatic rings. The van der Waals surface area contributed by atoms with Crippen LogP contribution in [0.25, 0.3) is 0 Å². The highest BCUT2D eigenvalue weighted by Crippen LogP contribution is 2.33. The van der Waals surface area contributed by atoms with Crippen LogP contribution in [0.4, 0.5) is 18.9 Å². The zero-order chi connectivity index (χ0) is 22.6. The first kappa shape index (κ1) is 22.4. The third kappa shape index (κ3) is 5.44. The lowest BCUT2D eigenvalue weighted by molar-refractivity contribution is -0.137. The maximum absolute atomic E-state index is 13.0. The fourth-order valence-electron chi connectivity index (χ4n) is 3.60. The van der Waals surface area contributed by atoms with Gasteiger partial charge < -0.3 is 15.4 Å². The summed E-state index contributed by atoms with van der Waals surface area (Å²) in [6, 6.07) is 11.8. The number of hydrogen-bond acceptors (Lipinski definition) is 4. The number of carbonyl (C=O) groups excluding carboxylic acids is 1. The molecule has 8 heteroatoms. The van der Waals surface area contributed by atoms with E-state index in [1.165, 1.54) is 11.0 Å². The van der Waals surface area contributed by atoms with Crippen LogP contribution in [0.15, 0.2) is 55.1 Å². The molecular formula is C23H22F3N3O2. The highest BCUT2D eigenvalue weighted by Gasteiger charge is 2.33. The second-order valence-corrected chi connectivity index (χ2v) is 7.42. The minimum atomic E-state index is -4.63. The molecule has 2 atom stereocenters. The second kappa shape index (κ2) is 9.23. The summed E-state index contributed by atoms with van der Waals surface area (Å²) < 4.78 is 45.0. The summed E-state index contributed by atoms with van der Waals surface area (Å²) in [4.78, 5) is 13.8. The molecule has 0 heterocycles. The number of nitriles is 1. The van der Waals surface area contributed by atoms with Gasteiger partial charge in [-0.15, -0.1) is 0 Å². The number of rotatable bonds is 6. The third-order valence-corrected chi connectivity index (χ3v) is 5.17. The minimum absolute atomic E-state index is 0.0185. The van der Waals surface area contributed by atoms with Gasteiger partial charge in [0, 0.05) is 11.7 Å². The number of nitrogens with two attached hydrogens (primary N) is 1. The van der Waals surface area contributed by atoms with Crippen LogP contribution in [0.1, 0.15) is 36.0 Å². The van der Waals surface area contributed by atoms with Crippen LogP contribution < -0.4 is 15.4 Å². The quantitative estimate of drug-likeness (QED) is 0.683. The molecule has 0 saturated heterocycles. The van der Waals surface area contributed by atoms with E-state index in [9.17, 15) is 18.0 Å². The van der Waals surface area contributed by atoms with Crippen LogP contribution in [-0.2, 0) is 17.5 Å². The molecule has 0 aliphatic heterocycles. The van der Waals surface area contributed by atoms with Gasteiger partial charge in [-0.3, -0.25) is 4.79 Å². The molecule has 0 spiro atoms. The lowest BCUT2D eigenvalue weighted by atomic mass is 10.0. The Balaban J connectivity index is 1.80. The van der Waals surface area contributed by atoms with Crippen LogP contribution in [0.2, 0.25) is 0 Å². The van der Waals surface area contributed by atoms with E-state index in [1.54, 1.807) is 30.3 Å². The summed E-state index contributed by atoms with van der Waals surface area (Å²) in [5.41, 5.74) is 5.32. The van der Waals surface area contributed by atoms with Crippen LogP contribution in [0, 0.1) is 11.3 Å². The number of halogens is 3. The summed E-state index contributed by atoms with van der Waals surface area (Å²) in [5, 5.41) is 9.11. The molecule has 0 aromatic heterocycles. The van der Waals surface area contributed by atoms with Gasteiger partial charge in [0.2, 0.25) is 0 Å². The van der Waals surface area contributed by atoms with Crippen molar-refractivity contribution in [1.29, 1.82) is 5.26 Å². The van der Waals surface area contributed by atoms with Gasteiger partial charge in [-0.2, -0.15) is 18.4 Å². The first-order chi connectivity index (χ1) is 14.7. The molecule has 1 fully saturated rings. The van der Waals surface area contributed by atoms with E-state index in [-0.39, 0.29) is 18.7 Å². The smallest absolute Gasteiger partial charge is 0.417 e. The van der Waals surface area contributed by atoms with E-state index < -0.39 is 23.2 Å². The van der Waals surface area contributed by atoms with Gasteiger partial charge in [0.15, 0.2) is 0 Å². The van der Waals surface area contributed by atoms with Crippen molar-refractivity contribution in [2.75, 3.05) is 4.90 Å². The van der Waals surface area contributed by atoms with E-state index >= 15 is 0 Å². The van der Waals surface area contributed by atoms with E-state index in [0.29, 0.717) is 17.0 Å². The third-order valence-electron chi connectivity index (χ3n) is 5.17. The molecule has 3 rings (SSSR count). The predicted molar refractivity (Wildman–Crippen MR) is 110 cm³/mol. The van der Waals surface area contributed by atoms with Gasteiger partial charge >= 0.3 is 6.18 Å². The van der Waals surface area contributed by atoms with E-state index in [0.717, 1.165) is 37.5 Å². The van der Waals surface area contributed by atoms with E-state index in [2.05, 4.69) is 6.58 Å². The molecule has 1 amide bonds. The number of nitrogens with zero attached hydrogens (tertiary/aromatic N) is 2.